The van der Waals surface area contributed by atoms with Crippen LogP contribution in [0.4, 0.5) is 10.1 Å². The number of rotatable bonds is 2. The third kappa shape index (κ3) is 2.96. The number of nitrogens with two attached hydrogens (primary N) is 1. The molecule has 3 nitrogen and oxygen atoms in total. The SMILES string of the molecule is CC1CCN(Cc2ccc(N)c(F)c2)CC1O. The molecule has 4 heteroatoms. The molecule has 1 fully saturated rings. The predicted octanol–water partition coefficient (Wildman–Crippen LogP) is 1.61. The maximum Gasteiger partial charge on any atom is 0.146 e. The number of nitrogens with zero attached hydrogens (tertiary/aromatic N) is 1. The van der Waals surface area contributed by atoms with E-state index in [1.807, 2.05) is 6.07 Å². The molecule has 0 aromatic heterocycles. The first kappa shape index (κ1) is 12.3. The lowest BCUT2D eigenvalue weighted by molar-refractivity contribution is 0.0259. The van der Waals surface area contributed by atoms with Crippen molar-refractivity contribution in [3.63, 3.8) is 0 Å². The van der Waals surface area contributed by atoms with Crippen LogP contribution in [0.3, 0.4) is 0 Å². The smallest absolute Gasteiger partial charge is 0.146 e. The predicted molar refractivity (Wildman–Crippen MR) is 65.9 cm³/mol. The van der Waals surface area contributed by atoms with Gasteiger partial charge in [0.15, 0.2) is 0 Å². The quantitative estimate of drug-likeness (QED) is 0.770. The molecular formula is C13H19FN2O. The lowest BCUT2D eigenvalue weighted by atomic mass is 9.96. The van der Waals surface area contributed by atoms with Gasteiger partial charge in [-0.3, -0.25) is 4.90 Å². The van der Waals surface area contributed by atoms with Gasteiger partial charge in [-0.15, -0.1) is 0 Å². The lowest BCUT2D eigenvalue weighted by Gasteiger charge is -2.34. The van der Waals surface area contributed by atoms with Crippen LogP contribution in [0.25, 0.3) is 0 Å². The first-order valence-electron chi connectivity index (χ1n) is 6.00. The zero-order valence-electron chi connectivity index (χ0n) is 10.1. The summed E-state index contributed by atoms with van der Waals surface area (Å²) < 4.78 is 13.3. The second-order valence-electron chi connectivity index (χ2n) is 4.92. The van der Waals surface area contributed by atoms with Crippen LogP contribution in [-0.2, 0) is 6.54 Å². The summed E-state index contributed by atoms with van der Waals surface area (Å²) in [6, 6.07) is 4.90. The fourth-order valence-electron chi connectivity index (χ4n) is 2.19. The molecule has 1 aliphatic heterocycles. The fraction of sp³-hybridized carbons (Fsp3) is 0.538. The number of halogens is 1. The van der Waals surface area contributed by atoms with Gasteiger partial charge < -0.3 is 10.8 Å². The van der Waals surface area contributed by atoms with E-state index in [1.165, 1.54) is 6.07 Å². The van der Waals surface area contributed by atoms with E-state index in [2.05, 4.69) is 11.8 Å². The third-order valence-electron chi connectivity index (χ3n) is 3.47. The molecule has 2 atom stereocenters. The van der Waals surface area contributed by atoms with Crippen molar-refractivity contribution in [2.24, 2.45) is 5.92 Å². The average molecular weight is 238 g/mol. The number of benzene rings is 1. The minimum absolute atomic E-state index is 0.182. The van der Waals surface area contributed by atoms with Gasteiger partial charge >= 0.3 is 0 Å². The Morgan fingerprint density at radius 3 is 2.94 bits per heavy atom. The van der Waals surface area contributed by atoms with Gasteiger partial charge in [0.05, 0.1) is 11.8 Å². The molecule has 0 amide bonds. The number of aliphatic hydroxyl groups is 1. The topological polar surface area (TPSA) is 49.5 Å². The molecule has 0 saturated carbocycles. The molecule has 0 radical (unpaired) electrons. The minimum atomic E-state index is -0.367. The van der Waals surface area contributed by atoms with E-state index in [0.29, 0.717) is 19.0 Å². The molecule has 1 aliphatic rings. The molecule has 0 bridgehead atoms. The Labute approximate surface area is 101 Å². The summed E-state index contributed by atoms with van der Waals surface area (Å²) in [5, 5.41) is 9.79. The summed E-state index contributed by atoms with van der Waals surface area (Å²) in [6.45, 7) is 4.34. The minimum Gasteiger partial charge on any atom is -0.396 e. The summed E-state index contributed by atoms with van der Waals surface area (Å²) in [5.74, 6) is -0.0113. The zero-order valence-corrected chi connectivity index (χ0v) is 10.1. The number of anilines is 1. The van der Waals surface area contributed by atoms with Crippen molar-refractivity contribution in [1.29, 1.82) is 0 Å². The van der Waals surface area contributed by atoms with Crippen LogP contribution in [0.15, 0.2) is 18.2 Å². The van der Waals surface area contributed by atoms with Crippen LogP contribution in [0.2, 0.25) is 0 Å². The van der Waals surface area contributed by atoms with Crippen molar-refractivity contribution >= 4 is 5.69 Å². The molecule has 2 rings (SSSR count). The van der Waals surface area contributed by atoms with Crippen molar-refractivity contribution in [3.8, 4) is 0 Å². The second-order valence-corrected chi connectivity index (χ2v) is 4.92. The van der Waals surface area contributed by atoms with Crippen LogP contribution >= 0.6 is 0 Å². The van der Waals surface area contributed by atoms with E-state index >= 15 is 0 Å². The maximum absolute atomic E-state index is 13.3. The molecule has 17 heavy (non-hydrogen) atoms. The monoisotopic (exact) mass is 238 g/mol. The standard InChI is InChI=1S/C13H19FN2O/c1-9-4-5-16(8-13(9)17)7-10-2-3-12(15)11(14)6-10/h2-3,6,9,13,17H,4-5,7-8,15H2,1H3. The van der Waals surface area contributed by atoms with Crippen LogP contribution in [-0.4, -0.2) is 29.2 Å². The van der Waals surface area contributed by atoms with E-state index in [0.717, 1.165) is 18.5 Å². The molecular weight excluding hydrogens is 219 g/mol. The number of hydrogen-bond acceptors (Lipinski definition) is 3. The maximum atomic E-state index is 13.3. The Bertz CT molecular complexity index is 397. The van der Waals surface area contributed by atoms with Gasteiger partial charge in [0.1, 0.15) is 5.82 Å². The Balaban J connectivity index is 1.99. The molecule has 1 saturated heterocycles. The Hall–Kier alpha value is -1.13. The number of likely N-dealkylation sites (tertiary alicyclic amines) is 1. The highest BCUT2D eigenvalue weighted by Gasteiger charge is 2.24. The number of nitrogen functional groups attached to an aromatic ring is 1. The Kier molecular flexibility index (Phi) is 3.64. The number of piperidine rings is 1. The lowest BCUT2D eigenvalue weighted by Crippen LogP contribution is -2.42. The van der Waals surface area contributed by atoms with Crippen LogP contribution < -0.4 is 5.73 Å². The molecule has 1 aromatic carbocycles. The van der Waals surface area contributed by atoms with E-state index < -0.39 is 0 Å². The average Bonchev–Trinajstić information content (AvgIpc) is 2.29. The second kappa shape index (κ2) is 5.02. The van der Waals surface area contributed by atoms with Gasteiger partial charge in [0.2, 0.25) is 0 Å². The van der Waals surface area contributed by atoms with Gasteiger partial charge in [-0.1, -0.05) is 13.0 Å². The number of β-amino-alcohol motifs (C(OH)–C–C–N with tert-alkyl or cyclic N) is 1. The summed E-state index contributed by atoms with van der Waals surface area (Å²) in [7, 11) is 0. The van der Waals surface area contributed by atoms with Crippen molar-refractivity contribution in [2.45, 2.75) is 26.0 Å². The van der Waals surface area contributed by atoms with Crippen LogP contribution in [0, 0.1) is 11.7 Å². The van der Waals surface area contributed by atoms with E-state index in [-0.39, 0.29) is 17.6 Å². The van der Waals surface area contributed by atoms with Crippen LogP contribution in [0.5, 0.6) is 0 Å². The molecule has 0 aliphatic carbocycles. The number of hydrogen-bond donors (Lipinski definition) is 2. The molecule has 0 spiro atoms. The van der Waals surface area contributed by atoms with E-state index in [4.69, 9.17) is 5.73 Å². The van der Waals surface area contributed by atoms with E-state index in [1.54, 1.807) is 6.07 Å². The first-order valence-corrected chi connectivity index (χ1v) is 6.00. The van der Waals surface area contributed by atoms with Gasteiger partial charge in [0.25, 0.3) is 0 Å². The number of aliphatic hydroxyl groups excluding tert-OH is 1. The fourth-order valence-corrected chi connectivity index (χ4v) is 2.19. The summed E-state index contributed by atoms with van der Waals surface area (Å²) >= 11 is 0. The Morgan fingerprint density at radius 1 is 1.53 bits per heavy atom. The molecule has 1 heterocycles. The van der Waals surface area contributed by atoms with Gasteiger partial charge in [-0.05, 0) is 36.6 Å². The summed E-state index contributed by atoms with van der Waals surface area (Å²) in [6.07, 6.45) is 0.709. The highest BCUT2D eigenvalue weighted by molar-refractivity contribution is 5.41. The Morgan fingerprint density at radius 2 is 2.29 bits per heavy atom. The molecule has 3 N–H and O–H groups in total. The van der Waals surface area contributed by atoms with Crippen molar-refractivity contribution in [2.75, 3.05) is 18.8 Å². The van der Waals surface area contributed by atoms with Gasteiger partial charge in [0, 0.05) is 13.1 Å². The molecule has 2 unspecified atom stereocenters. The van der Waals surface area contributed by atoms with Crippen LogP contribution in [0.1, 0.15) is 18.9 Å². The van der Waals surface area contributed by atoms with Gasteiger partial charge in [-0.2, -0.15) is 0 Å². The van der Waals surface area contributed by atoms with Crippen molar-refractivity contribution < 1.29 is 9.50 Å². The largest absolute Gasteiger partial charge is 0.396 e. The molecule has 1 aromatic rings. The summed E-state index contributed by atoms with van der Waals surface area (Å²) in [5.41, 5.74) is 6.52. The zero-order chi connectivity index (χ0) is 12.4. The normalized spacial score (nSPS) is 26.1. The van der Waals surface area contributed by atoms with E-state index in [9.17, 15) is 9.50 Å². The van der Waals surface area contributed by atoms with Crippen molar-refractivity contribution in [3.05, 3.63) is 29.6 Å². The highest BCUT2D eigenvalue weighted by Crippen LogP contribution is 2.20. The van der Waals surface area contributed by atoms with Gasteiger partial charge in [-0.25, -0.2) is 4.39 Å². The third-order valence-corrected chi connectivity index (χ3v) is 3.47. The molecule has 94 valence electrons. The highest BCUT2D eigenvalue weighted by atomic mass is 19.1. The summed E-state index contributed by atoms with van der Waals surface area (Å²) in [4.78, 5) is 2.15. The first-order chi connectivity index (χ1) is 8.06. The van der Waals surface area contributed by atoms with Crippen molar-refractivity contribution in [1.82, 2.24) is 4.90 Å².